The number of pyridine rings is 1. The molecule has 1 fully saturated rings. The van der Waals surface area contributed by atoms with Gasteiger partial charge in [0.15, 0.2) is 0 Å². The van der Waals surface area contributed by atoms with E-state index in [-0.39, 0.29) is 24.4 Å². The van der Waals surface area contributed by atoms with E-state index >= 15 is 0 Å². The molecule has 1 amide bonds. The van der Waals surface area contributed by atoms with Gasteiger partial charge >= 0.3 is 0 Å². The second-order valence-corrected chi connectivity index (χ2v) is 5.72. The van der Waals surface area contributed by atoms with Crippen molar-refractivity contribution in [3.05, 3.63) is 30.1 Å². The molecule has 0 spiro atoms. The number of ether oxygens (including phenoxy) is 1. The second kappa shape index (κ2) is 10.6. The highest BCUT2D eigenvalue weighted by atomic mass is 35.5. The number of carbonyl (C=O) groups is 1. The highest BCUT2D eigenvalue weighted by Crippen LogP contribution is 2.18. The molecule has 0 radical (unpaired) electrons. The Labute approximate surface area is 145 Å². The van der Waals surface area contributed by atoms with E-state index in [0.717, 1.165) is 38.0 Å². The maximum Gasteiger partial charge on any atom is 0.252 e. The fourth-order valence-corrected chi connectivity index (χ4v) is 2.92. The van der Waals surface area contributed by atoms with Crippen LogP contribution >= 0.6 is 12.4 Å². The lowest BCUT2D eigenvalue weighted by atomic mass is 10.1. The minimum atomic E-state index is -0.398. The first-order chi connectivity index (χ1) is 10.7. The number of hydrogen-bond donors (Lipinski definition) is 1. The third-order valence-electron chi connectivity index (χ3n) is 4.09. The van der Waals surface area contributed by atoms with Gasteiger partial charge in [-0.1, -0.05) is 6.07 Å². The van der Waals surface area contributed by atoms with Gasteiger partial charge in [-0.2, -0.15) is 0 Å². The first-order valence-corrected chi connectivity index (χ1v) is 8.25. The molecule has 1 aliphatic heterocycles. The lowest BCUT2D eigenvalue weighted by molar-refractivity contribution is -0.145. The quantitative estimate of drug-likeness (QED) is 0.863. The number of rotatable bonds is 6. The Morgan fingerprint density at radius 1 is 1.43 bits per heavy atom. The van der Waals surface area contributed by atoms with Crippen molar-refractivity contribution in [1.82, 2.24) is 15.2 Å². The Hall–Kier alpha value is -1.17. The third-order valence-corrected chi connectivity index (χ3v) is 4.09. The highest BCUT2D eigenvalue weighted by molar-refractivity contribution is 5.85. The highest BCUT2D eigenvalue weighted by Gasteiger charge is 2.28. The van der Waals surface area contributed by atoms with E-state index in [4.69, 9.17) is 4.74 Å². The molecule has 1 aromatic rings. The number of hydrogen-bond acceptors (Lipinski definition) is 4. The normalized spacial score (nSPS) is 19.3. The van der Waals surface area contributed by atoms with Gasteiger partial charge in [-0.25, -0.2) is 0 Å². The van der Waals surface area contributed by atoms with E-state index in [1.165, 1.54) is 0 Å². The van der Waals surface area contributed by atoms with E-state index in [9.17, 15) is 4.79 Å². The summed E-state index contributed by atoms with van der Waals surface area (Å²) in [5, 5.41) is 3.40. The van der Waals surface area contributed by atoms with Crippen molar-refractivity contribution in [3.63, 3.8) is 0 Å². The molecule has 23 heavy (non-hydrogen) atoms. The molecule has 2 atom stereocenters. The minimum Gasteiger partial charge on any atom is -0.369 e. The van der Waals surface area contributed by atoms with Crippen LogP contribution < -0.4 is 5.32 Å². The summed E-state index contributed by atoms with van der Waals surface area (Å²) < 4.78 is 5.52. The number of halogens is 1. The zero-order chi connectivity index (χ0) is 15.8. The van der Waals surface area contributed by atoms with Crippen molar-refractivity contribution < 1.29 is 9.53 Å². The van der Waals surface area contributed by atoms with Crippen molar-refractivity contribution in [2.45, 2.75) is 51.8 Å². The van der Waals surface area contributed by atoms with Gasteiger partial charge in [0.25, 0.3) is 5.91 Å². The first-order valence-electron chi connectivity index (χ1n) is 8.25. The van der Waals surface area contributed by atoms with Gasteiger partial charge in [0.2, 0.25) is 0 Å². The molecule has 5 nitrogen and oxygen atoms in total. The molecule has 2 heterocycles. The van der Waals surface area contributed by atoms with Crippen LogP contribution in [0.15, 0.2) is 24.4 Å². The van der Waals surface area contributed by atoms with Gasteiger partial charge in [0, 0.05) is 18.8 Å². The van der Waals surface area contributed by atoms with Crippen LogP contribution in [0.25, 0.3) is 0 Å². The number of amides is 1. The average molecular weight is 342 g/mol. The molecule has 1 saturated heterocycles. The van der Waals surface area contributed by atoms with Gasteiger partial charge < -0.3 is 15.0 Å². The van der Waals surface area contributed by atoms with Crippen LogP contribution in [-0.4, -0.2) is 47.6 Å². The van der Waals surface area contributed by atoms with Crippen molar-refractivity contribution >= 4 is 18.3 Å². The van der Waals surface area contributed by atoms with E-state index in [0.29, 0.717) is 13.2 Å². The van der Waals surface area contributed by atoms with E-state index in [1.54, 1.807) is 6.20 Å². The fraction of sp³-hybridized carbons (Fsp3) is 0.647. The van der Waals surface area contributed by atoms with E-state index in [2.05, 4.69) is 10.3 Å². The van der Waals surface area contributed by atoms with Gasteiger partial charge in [-0.05, 0) is 58.3 Å². The number of aromatic nitrogens is 1. The predicted molar refractivity (Wildman–Crippen MR) is 93.6 cm³/mol. The summed E-state index contributed by atoms with van der Waals surface area (Å²) >= 11 is 0. The topological polar surface area (TPSA) is 54.5 Å². The molecule has 0 saturated carbocycles. The summed E-state index contributed by atoms with van der Waals surface area (Å²) in [7, 11) is 0. The summed E-state index contributed by atoms with van der Waals surface area (Å²) in [6.07, 6.45) is 4.49. The molecular weight excluding hydrogens is 314 g/mol. The lowest BCUT2D eigenvalue weighted by Crippen LogP contribution is -2.45. The average Bonchev–Trinajstić information content (AvgIpc) is 2.82. The molecule has 130 valence electrons. The van der Waals surface area contributed by atoms with Crippen LogP contribution in [-0.2, 0) is 16.1 Å². The second-order valence-electron chi connectivity index (χ2n) is 5.72. The van der Waals surface area contributed by atoms with Gasteiger partial charge in [-0.3, -0.25) is 9.78 Å². The zero-order valence-electron chi connectivity index (χ0n) is 14.0. The maximum absolute atomic E-state index is 12.8. The minimum absolute atomic E-state index is 0. The zero-order valence-corrected chi connectivity index (χ0v) is 14.8. The maximum atomic E-state index is 12.8. The van der Waals surface area contributed by atoms with Crippen molar-refractivity contribution in [2.75, 3.05) is 19.7 Å². The van der Waals surface area contributed by atoms with Gasteiger partial charge in [0.1, 0.15) is 6.10 Å². The summed E-state index contributed by atoms with van der Waals surface area (Å²) in [6.45, 7) is 6.86. The predicted octanol–water partition coefficient (Wildman–Crippen LogP) is 2.40. The van der Waals surface area contributed by atoms with Crippen molar-refractivity contribution in [3.8, 4) is 0 Å². The molecule has 0 aliphatic carbocycles. The molecule has 0 bridgehead atoms. The number of carbonyl (C=O) groups excluding carboxylic acids is 1. The first kappa shape index (κ1) is 19.9. The summed E-state index contributed by atoms with van der Waals surface area (Å²) in [6, 6.07) is 6.09. The van der Waals surface area contributed by atoms with Crippen molar-refractivity contribution in [1.29, 1.82) is 0 Å². The Balaban J connectivity index is 0.00000264. The largest absolute Gasteiger partial charge is 0.369 e. The van der Waals surface area contributed by atoms with Crippen LogP contribution in [0.2, 0.25) is 0 Å². The summed E-state index contributed by atoms with van der Waals surface area (Å²) in [5.74, 6) is 0.0689. The molecule has 1 N–H and O–H groups in total. The van der Waals surface area contributed by atoms with Crippen molar-refractivity contribution in [2.24, 2.45) is 0 Å². The molecule has 2 rings (SSSR count). The van der Waals surface area contributed by atoms with Gasteiger partial charge in [-0.15, -0.1) is 12.4 Å². The smallest absolute Gasteiger partial charge is 0.252 e. The summed E-state index contributed by atoms with van der Waals surface area (Å²) in [4.78, 5) is 19.1. The van der Waals surface area contributed by atoms with Crippen LogP contribution in [0.3, 0.4) is 0 Å². The van der Waals surface area contributed by atoms with Crippen LogP contribution in [0, 0.1) is 0 Å². The Morgan fingerprint density at radius 2 is 2.26 bits per heavy atom. The Morgan fingerprint density at radius 3 is 2.96 bits per heavy atom. The SMILES string of the molecule is CCOC(C)C(=O)N(Cc1ccccn1)C1CCCNCC1.Cl. The monoisotopic (exact) mass is 341 g/mol. The molecule has 1 aromatic heterocycles. The molecular formula is C17H28ClN3O2. The standard InChI is InChI=1S/C17H27N3O2.ClH/c1-3-22-14(2)17(21)20(13-15-7-4-5-11-19-15)16-8-6-10-18-12-9-16;/h4-5,7,11,14,16,18H,3,6,8-10,12-13H2,1-2H3;1H. The van der Waals surface area contributed by atoms with E-state index in [1.807, 2.05) is 36.9 Å². The fourth-order valence-electron chi connectivity index (χ4n) is 2.92. The number of nitrogens with one attached hydrogen (secondary N) is 1. The number of nitrogens with zero attached hydrogens (tertiary/aromatic N) is 2. The summed E-state index contributed by atoms with van der Waals surface area (Å²) in [5.41, 5.74) is 0.928. The Bertz CT molecular complexity index is 450. The molecule has 6 heteroatoms. The van der Waals surface area contributed by atoms with E-state index < -0.39 is 6.10 Å². The molecule has 2 unspecified atom stereocenters. The molecule has 0 aromatic carbocycles. The van der Waals surface area contributed by atoms with Gasteiger partial charge in [0.05, 0.1) is 12.2 Å². The van der Waals surface area contributed by atoms with Crippen LogP contribution in [0.1, 0.15) is 38.8 Å². The lowest BCUT2D eigenvalue weighted by Gasteiger charge is -2.33. The van der Waals surface area contributed by atoms with Crippen LogP contribution in [0.4, 0.5) is 0 Å². The Kier molecular flexibility index (Phi) is 9.14. The third kappa shape index (κ3) is 6.09. The van der Waals surface area contributed by atoms with Crippen LogP contribution in [0.5, 0.6) is 0 Å². The molecule has 1 aliphatic rings.